The van der Waals surface area contributed by atoms with Gasteiger partial charge >= 0.3 is 6.03 Å². The molecule has 5 heteroatoms. The lowest BCUT2D eigenvalue weighted by atomic mass is 10.0. The number of hydrogen-bond donors (Lipinski definition) is 2. The van der Waals surface area contributed by atoms with E-state index in [-0.39, 0.29) is 6.03 Å². The molecular weight excluding hydrogens is 282 g/mol. The molecule has 2 amide bonds. The van der Waals surface area contributed by atoms with E-state index in [4.69, 9.17) is 0 Å². The SMILES string of the molecule is C=CCNC(=O)Nc1nc(-c2ccc(C(C)C)cc2)cs1. The zero-order chi connectivity index (χ0) is 15.2. The third-order valence-electron chi connectivity index (χ3n) is 3.00. The number of anilines is 1. The Balaban J connectivity index is 2.05. The molecule has 0 spiro atoms. The average Bonchev–Trinajstić information content (AvgIpc) is 2.93. The average molecular weight is 301 g/mol. The number of urea groups is 1. The van der Waals surface area contributed by atoms with Crippen LogP contribution >= 0.6 is 11.3 Å². The summed E-state index contributed by atoms with van der Waals surface area (Å²) in [6, 6.07) is 8.08. The molecule has 0 bridgehead atoms. The Labute approximate surface area is 128 Å². The van der Waals surface area contributed by atoms with Crippen LogP contribution in [0.4, 0.5) is 9.93 Å². The number of benzene rings is 1. The highest BCUT2D eigenvalue weighted by molar-refractivity contribution is 7.14. The van der Waals surface area contributed by atoms with Crippen molar-refractivity contribution in [2.75, 3.05) is 11.9 Å². The Kier molecular flexibility index (Phi) is 5.11. The highest BCUT2D eigenvalue weighted by Gasteiger charge is 2.08. The van der Waals surface area contributed by atoms with Crippen LogP contribution < -0.4 is 10.6 Å². The Morgan fingerprint density at radius 2 is 2.10 bits per heavy atom. The second kappa shape index (κ2) is 7.04. The van der Waals surface area contributed by atoms with Crippen molar-refractivity contribution in [2.45, 2.75) is 19.8 Å². The largest absolute Gasteiger partial charge is 0.334 e. The number of carbonyl (C=O) groups is 1. The van der Waals surface area contributed by atoms with Crippen molar-refractivity contribution in [2.24, 2.45) is 0 Å². The number of thiazole rings is 1. The fraction of sp³-hybridized carbons (Fsp3) is 0.250. The van der Waals surface area contributed by atoms with E-state index in [2.05, 4.69) is 60.3 Å². The minimum Gasteiger partial charge on any atom is -0.334 e. The van der Waals surface area contributed by atoms with E-state index in [1.54, 1.807) is 6.08 Å². The lowest BCUT2D eigenvalue weighted by Crippen LogP contribution is -2.28. The van der Waals surface area contributed by atoms with Gasteiger partial charge in [-0.05, 0) is 11.5 Å². The monoisotopic (exact) mass is 301 g/mol. The van der Waals surface area contributed by atoms with Crippen LogP contribution in [-0.4, -0.2) is 17.6 Å². The van der Waals surface area contributed by atoms with Crippen molar-refractivity contribution in [3.63, 3.8) is 0 Å². The van der Waals surface area contributed by atoms with Crippen LogP contribution in [0, 0.1) is 0 Å². The number of amides is 2. The van der Waals surface area contributed by atoms with Gasteiger partial charge in [-0.3, -0.25) is 5.32 Å². The topological polar surface area (TPSA) is 54.0 Å². The molecule has 0 fully saturated rings. The van der Waals surface area contributed by atoms with E-state index >= 15 is 0 Å². The molecule has 0 saturated carbocycles. The third-order valence-corrected chi connectivity index (χ3v) is 3.76. The minimum absolute atomic E-state index is 0.272. The van der Waals surface area contributed by atoms with Crippen LogP contribution in [0.5, 0.6) is 0 Å². The summed E-state index contributed by atoms with van der Waals surface area (Å²) in [5.41, 5.74) is 3.22. The Morgan fingerprint density at radius 3 is 2.71 bits per heavy atom. The maximum atomic E-state index is 11.5. The number of nitrogens with one attached hydrogen (secondary N) is 2. The van der Waals surface area contributed by atoms with Gasteiger partial charge in [-0.1, -0.05) is 44.2 Å². The van der Waals surface area contributed by atoms with Crippen molar-refractivity contribution in [1.29, 1.82) is 0 Å². The molecule has 1 heterocycles. The van der Waals surface area contributed by atoms with Gasteiger partial charge in [-0.25, -0.2) is 9.78 Å². The van der Waals surface area contributed by atoms with Gasteiger partial charge in [0.15, 0.2) is 5.13 Å². The van der Waals surface area contributed by atoms with E-state index in [1.807, 2.05) is 5.38 Å². The van der Waals surface area contributed by atoms with Crippen molar-refractivity contribution >= 4 is 22.5 Å². The molecule has 0 atom stereocenters. The minimum atomic E-state index is -0.272. The summed E-state index contributed by atoms with van der Waals surface area (Å²) in [5.74, 6) is 0.514. The molecule has 2 aromatic rings. The van der Waals surface area contributed by atoms with Gasteiger partial charge in [0.25, 0.3) is 0 Å². The summed E-state index contributed by atoms with van der Waals surface area (Å²) in [4.78, 5) is 16.0. The van der Waals surface area contributed by atoms with Crippen LogP contribution in [0.3, 0.4) is 0 Å². The second-order valence-corrected chi connectivity index (χ2v) is 5.80. The molecule has 1 aromatic carbocycles. The first-order chi connectivity index (χ1) is 10.1. The highest BCUT2D eigenvalue weighted by atomic mass is 32.1. The fourth-order valence-corrected chi connectivity index (χ4v) is 2.52. The number of nitrogens with zero attached hydrogens (tertiary/aromatic N) is 1. The summed E-state index contributed by atoms with van der Waals surface area (Å²) in [5, 5.41) is 7.88. The molecule has 0 aliphatic heterocycles. The summed E-state index contributed by atoms with van der Waals surface area (Å²) in [7, 11) is 0. The molecule has 110 valence electrons. The predicted octanol–water partition coefficient (Wildman–Crippen LogP) is 4.24. The standard InChI is InChI=1S/C16H19N3OS/c1-4-9-17-15(20)19-16-18-14(10-21-16)13-7-5-12(6-8-13)11(2)3/h4-8,10-11H,1,9H2,2-3H3,(H2,17,18,19,20). The molecule has 0 saturated heterocycles. The molecule has 0 aliphatic rings. The summed E-state index contributed by atoms with van der Waals surface area (Å²) in [6.45, 7) is 8.32. The van der Waals surface area contributed by atoms with Gasteiger partial charge < -0.3 is 5.32 Å². The van der Waals surface area contributed by atoms with Gasteiger partial charge in [0.05, 0.1) is 5.69 Å². The quantitative estimate of drug-likeness (QED) is 0.812. The van der Waals surface area contributed by atoms with E-state index < -0.39 is 0 Å². The molecule has 1 aromatic heterocycles. The number of hydrogen-bond acceptors (Lipinski definition) is 3. The lowest BCUT2D eigenvalue weighted by molar-refractivity contribution is 0.253. The molecule has 0 radical (unpaired) electrons. The normalized spacial score (nSPS) is 10.4. The first-order valence-electron chi connectivity index (χ1n) is 6.81. The van der Waals surface area contributed by atoms with E-state index in [0.717, 1.165) is 11.3 Å². The maximum Gasteiger partial charge on any atom is 0.321 e. The third kappa shape index (κ3) is 4.16. The molecule has 0 unspecified atom stereocenters. The molecule has 0 aliphatic carbocycles. The molecular formula is C16H19N3OS. The summed E-state index contributed by atoms with van der Waals surface area (Å²) < 4.78 is 0. The van der Waals surface area contributed by atoms with Gasteiger partial charge in [0.1, 0.15) is 0 Å². The number of aromatic nitrogens is 1. The first-order valence-corrected chi connectivity index (χ1v) is 7.69. The zero-order valence-corrected chi connectivity index (χ0v) is 13.0. The van der Waals surface area contributed by atoms with Gasteiger partial charge in [0, 0.05) is 17.5 Å². The van der Waals surface area contributed by atoms with Crippen LogP contribution in [-0.2, 0) is 0 Å². The highest BCUT2D eigenvalue weighted by Crippen LogP contribution is 2.26. The van der Waals surface area contributed by atoms with E-state index in [1.165, 1.54) is 16.9 Å². The lowest BCUT2D eigenvalue weighted by Gasteiger charge is -2.05. The molecule has 4 nitrogen and oxygen atoms in total. The van der Waals surface area contributed by atoms with Crippen LogP contribution in [0.15, 0.2) is 42.3 Å². The molecule has 21 heavy (non-hydrogen) atoms. The van der Waals surface area contributed by atoms with Crippen molar-refractivity contribution in [3.8, 4) is 11.3 Å². The Morgan fingerprint density at radius 1 is 1.38 bits per heavy atom. The smallest absolute Gasteiger partial charge is 0.321 e. The van der Waals surface area contributed by atoms with Gasteiger partial charge in [-0.2, -0.15) is 0 Å². The fourth-order valence-electron chi connectivity index (χ4n) is 1.81. The van der Waals surface area contributed by atoms with Crippen LogP contribution in [0.1, 0.15) is 25.3 Å². The van der Waals surface area contributed by atoms with Crippen LogP contribution in [0.2, 0.25) is 0 Å². The number of carbonyl (C=O) groups excluding carboxylic acids is 1. The van der Waals surface area contributed by atoms with E-state index in [9.17, 15) is 4.79 Å². The van der Waals surface area contributed by atoms with Crippen molar-refractivity contribution in [3.05, 3.63) is 47.9 Å². The predicted molar refractivity (Wildman–Crippen MR) is 88.9 cm³/mol. The Hall–Kier alpha value is -2.14. The maximum absolute atomic E-state index is 11.5. The molecule has 2 N–H and O–H groups in total. The Bertz CT molecular complexity index is 617. The van der Waals surface area contributed by atoms with Crippen molar-refractivity contribution in [1.82, 2.24) is 10.3 Å². The zero-order valence-electron chi connectivity index (χ0n) is 12.2. The first kappa shape index (κ1) is 15.3. The van der Waals surface area contributed by atoms with Gasteiger partial charge in [0.2, 0.25) is 0 Å². The summed E-state index contributed by atoms with van der Waals surface area (Å²) >= 11 is 1.41. The van der Waals surface area contributed by atoms with Gasteiger partial charge in [-0.15, -0.1) is 17.9 Å². The van der Waals surface area contributed by atoms with Crippen molar-refractivity contribution < 1.29 is 4.79 Å². The molecule has 2 rings (SSSR count). The van der Waals surface area contributed by atoms with Crippen LogP contribution in [0.25, 0.3) is 11.3 Å². The summed E-state index contributed by atoms with van der Waals surface area (Å²) in [6.07, 6.45) is 1.63. The van der Waals surface area contributed by atoms with E-state index in [0.29, 0.717) is 17.6 Å². The second-order valence-electron chi connectivity index (χ2n) is 4.94. The number of rotatable bonds is 5.